The smallest absolute Gasteiger partial charge is 0.256 e. The van der Waals surface area contributed by atoms with Gasteiger partial charge in [0.1, 0.15) is 0 Å². The number of carbonyl (C=O) groups is 1. The Morgan fingerprint density at radius 2 is 1.50 bits per heavy atom. The van der Waals surface area contributed by atoms with Crippen LogP contribution < -0.4 is 4.90 Å². The highest BCUT2D eigenvalue weighted by molar-refractivity contribution is 6.15. The van der Waals surface area contributed by atoms with Gasteiger partial charge >= 0.3 is 0 Å². The molecular weight excluding hydrogens is 350 g/mol. The SMILES string of the molecule is O=C(c1cc2ccccc2c2cccnc12)N1CCN(c2ncccn2)CC1. The highest BCUT2D eigenvalue weighted by Crippen LogP contribution is 2.28. The highest BCUT2D eigenvalue weighted by Gasteiger charge is 2.25. The molecule has 1 aliphatic rings. The van der Waals surface area contributed by atoms with Crippen molar-refractivity contribution in [2.75, 3.05) is 31.1 Å². The van der Waals surface area contributed by atoms with Crippen LogP contribution in [0.25, 0.3) is 21.7 Å². The van der Waals surface area contributed by atoms with Gasteiger partial charge in [-0.25, -0.2) is 9.97 Å². The molecule has 0 radical (unpaired) electrons. The van der Waals surface area contributed by atoms with Gasteiger partial charge in [-0.05, 0) is 29.0 Å². The first-order chi connectivity index (χ1) is 13.8. The number of benzene rings is 2. The molecule has 0 atom stereocenters. The Hall–Kier alpha value is -3.54. The Labute approximate surface area is 162 Å². The molecule has 2 aromatic carbocycles. The van der Waals surface area contributed by atoms with Crippen LogP contribution in [0.2, 0.25) is 0 Å². The summed E-state index contributed by atoms with van der Waals surface area (Å²) in [6.07, 6.45) is 5.23. The molecule has 1 aliphatic heterocycles. The van der Waals surface area contributed by atoms with Crippen molar-refractivity contribution in [1.29, 1.82) is 0 Å². The fourth-order valence-corrected chi connectivity index (χ4v) is 3.83. The van der Waals surface area contributed by atoms with Crippen molar-refractivity contribution in [3.63, 3.8) is 0 Å². The molecule has 6 heteroatoms. The molecule has 3 heterocycles. The first-order valence-corrected chi connectivity index (χ1v) is 9.39. The van der Waals surface area contributed by atoms with Crippen molar-refractivity contribution in [3.8, 4) is 0 Å². The van der Waals surface area contributed by atoms with E-state index in [0.29, 0.717) is 37.7 Å². The van der Waals surface area contributed by atoms with Crippen molar-refractivity contribution in [2.24, 2.45) is 0 Å². The lowest BCUT2D eigenvalue weighted by atomic mass is 10.00. The van der Waals surface area contributed by atoms with E-state index in [1.54, 1.807) is 24.7 Å². The fourth-order valence-electron chi connectivity index (χ4n) is 3.83. The monoisotopic (exact) mass is 369 g/mol. The van der Waals surface area contributed by atoms with Gasteiger partial charge in [0.15, 0.2) is 0 Å². The maximum absolute atomic E-state index is 13.3. The Morgan fingerprint density at radius 3 is 2.32 bits per heavy atom. The minimum absolute atomic E-state index is 0.0306. The normalized spacial score (nSPS) is 14.6. The zero-order chi connectivity index (χ0) is 18.9. The summed E-state index contributed by atoms with van der Waals surface area (Å²) in [5.41, 5.74) is 1.43. The molecule has 4 aromatic rings. The summed E-state index contributed by atoms with van der Waals surface area (Å²) in [6.45, 7) is 2.71. The molecule has 2 aromatic heterocycles. The van der Waals surface area contributed by atoms with Gasteiger partial charge in [-0.3, -0.25) is 9.78 Å². The Morgan fingerprint density at radius 1 is 0.786 bits per heavy atom. The van der Waals surface area contributed by atoms with Crippen LogP contribution in [0, 0.1) is 0 Å². The average Bonchev–Trinajstić information content (AvgIpc) is 2.79. The molecule has 5 rings (SSSR count). The zero-order valence-electron chi connectivity index (χ0n) is 15.3. The van der Waals surface area contributed by atoms with Crippen molar-refractivity contribution in [1.82, 2.24) is 19.9 Å². The van der Waals surface area contributed by atoms with Crippen LogP contribution in [0.1, 0.15) is 10.4 Å². The molecule has 0 spiro atoms. The lowest BCUT2D eigenvalue weighted by Crippen LogP contribution is -2.49. The van der Waals surface area contributed by atoms with Crippen LogP contribution in [-0.2, 0) is 0 Å². The van der Waals surface area contributed by atoms with Crippen LogP contribution >= 0.6 is 0 Å². The standard InChI is InChI=1S/C22H19N5O/c28-21(26-11-13-27(14-12-26)22-24-9-4-10-25-22)19-15-16-5-1-2-6-17(16)18-7-3-8-23-20(18)19/h1-10,15H,11-14H2. The van der Waals surface area contributed by atoms with Crippen molar-refractivity contribution >= 4 is 33.5 Å². The molecular formula is C22H19N5O. The number of hydrogen-bond donors (Lipinski definition) is 0. The first kappa shape index (κ1) is 16.6. The number of carbonyl (C=O) groups excluding carboxylic acids is 1. The molecule has 0 bridgehead atoms. The molecule has 1 fully saturated rings. The summed E-state index contributed by atoms with van der Waals surface area (Å²) < 4.78 is 0. The minimum Gasteiger partial charge on any atom is -0.337 e. The van der Waals surface area contributed by atoms with Gasteiger partial charge in [0.25, 0.3) is 5.91 Å². The summed E-state index contributed by atoms with van der Waals surface area (Å²) in [5.74, 6) is 0.746. The molecule has 0 unspecified atom stereocenters. The van der Waals surface area contributed by atoms with Crippen LogP contribution in [-0.4, -0.2) is 51.9 Å². The number of aromatic nitrogens is 3. The van der Waals surface area contributed by atoms with E-state index in [1.807, 2.05) is 41.3 Å². The Balaban J connectivity index is 1.46. The van der Waals surface area contributed by atoms with Crippen LogP contribution in [0.5, 0.6) is 0 Å². The van der Waals surface area contributed by atoms with E-state index < -0.39 is 0 Å². The van der Waals surface area contributed by atoms with E-state index in [1.165, 1.54) is 0 Å². The molecule has 28 heavy (non-hydrogen) atoms. The van der Waals surface area contributed by atoms with Crippen molar-refractivity contribution in [3.05, 3.63) is 72.7 Å². The quantitative estimate of drug-likeness (QED) is 0.508. The van der Waals surface area contributed by atoms with Gasteiger partial charge in [-0.2, -0.15) is 0 Å². The predicted molar refractivity (Wildman–Crippen MR) is 109 cm³/mol. The van der Waals surface area contributed by atoms with E-state index in [0.717, 1.165) is 21.7 Å². The number of amides is 1. The lowest BCUT2D eigenvalue weighted by molar-refractivity contribution is 0.0748. The zero-order valence-corrected chi connectivity index (χ0v) is 15.3. The topological polar surface area (TPSA) is 62.2 Å². The van der Waals surface area contributed by atoms with Gasteiger partial charge in [-0.15, -0.1) is 0 Å². The number of hydrogen-bond acceptors (Lipinski definition) is 5. The highest BCUT2D eigenvalue weighted by atomic mass is 16.2. The van der Waals surface area contributed by atoms with Gasteiger partial charge < -0.3 is 9.80 Å². The third kappa shape index (κ3) is 2.83. The Bertz CT molecular complexity index is 1150. The summed E-state index contributed by atoms with van der Waals surface area (Å²) in [7, 11) is 0. The van der Waals surface area contributed by atoms with Crippen LogP contribution in [0.15, 0.2) is 67.1 Å². The van der Waals surface area contributed by atoms with Gasteiger partial charge in [-0.1, -0.05) is 30.3 Å². The molecule has 138 valence electrons. The van der Waals surface area contributed by atoms with Gasteiger partial charge in [0.05, 0.1) is 11.1 Å². The first-order valence-electron chi connectivity index (χ1n) is 9.39. The molecule has 0 saturated carbocycles. The fraction of sp³-hybridized carbons (Fsp3) is 0.182. The minimum atomic E-state index is 0.0306. The second kappa shape index (κ2) is 6.88. The number of rotatable bonds is 2. The second-order valence-electron chi connectivity index (χ2n) is 6.87. The third-order valence-electron chi connectivity index (χ3n) is 5.25. The number of anilines is 1. The number of fused-ring (bicyclic) bond motifs is 3. The largest absolute Gasteiger partial charge is 0.337 e. The number of pyridine rings is 1. The maximum atomic E-state index is 13.3. The number of piperazine rings is 1. The van der Waals surface area contributed by atoms with E-state index in [2.05, 4.69) is 25.9 Å². The molecule has 0 aliphatic carbocycles. The van der Waals surface area contributed by atoms with Crippen LogP contribution in [0.3, 0.4) is 0 Å². The average molecular weight is 369 g/mol. The van der Waals surface area contributed by atoms with Crippen LogP contribution in [0.4, 0.5) is 5.95 Å². The van der Waals surface area contributed by atoms with Crippen molar-refractivity contribution in [2.45, 2.75) is 0 Å². The second-order valence-corrected chi connectivity index (χ2v) is 6.87. The summed E-state index contributed by atoms with van der Waals surface area (Å²) in [6, 6.07) is 15.9. The molecule has 1 amide bonds. The maximum Gasteiger partial charge on any atom is 0.256 e. The summed E-state index contributed by atoms with van der Waals surface area (Å²) in [4.78, 5) is 30.5. The van der Waals surface area contributed by atoms with Gasteiger partial charge in [0, 0.05) is 50.2 Å². The predicted octanol–water partition coefficient (Wildman–Crippen LogP) is 3.14. The number of nitrogens with zero attached hydrogens (tertiary/aromatic N) is 5. The van der Waals surface area contributed by atoms with E-state index >= 15 is 0 Å². The van der Waals surface area contributed by atoms with Crippen molar-refractivity contribution < 1.29 is 4.79 Å². The summed E-state index contributed by atoms with van der Waals surface area (Å²) in [5, 5.41) is 3.19. The Kier molecular flexibility index (Phi) is 4.09. The third-order valence-corrected chi connectivity index (χ3v) is 5.25. The van der Waals surface area contributed by atoms with E-state index in [9.17, 15) is 4.79 Å². The molecule has 6 nitrogen and oxygen atoms in total. The van der Waals surface area contributed by atoms with Gasteiger partial charge in [0.2, 0.25) is 5.95 Å². The van der Waals surface area contributed by atoms with E-state index in [-0.39, 0.29) is 5.91 Å². The summed E-state index contributed by atoms with van der Waals surface area (Å²) >= 11 is 0. The lowest BCUT2D eigenvalue weighted by Gasteiger charge is -2.34. The molecule has 1 saturated heterocycles. The molecule has 0 N–H and O–H groups in total. The van der Waals surface area contributed by atoms with E-state index in [4.69, 9.17) is 0 Å².